The maximum Gasteiger partial charge on any atom is 0.251 e. The number of rotatable bonds is 7. The molecule has 0 aliphatic carbocycles. The average molecular weight is 354 g/mol. The van der Waals surface area contributed by atoms with Crippen molar-refractivity contribution in [2.45, 2.75) is 18.9 Å². The van der Waals surface area contributed by atoms with E-state index in [0.717, 1.165) is 13.0 Å². The molecule has 2 rings (SSSR count). The summed E-state index contributed by atoms with van der Waals surface area (Å²) in [5.74, 6) is 0.850. The largest absolute Gasteiger partial charge is 0.356 e. The summed E-state index contributed by atoms with van der Waals surface area (Å²) in [6, 6.07) is 3.30. The Balaban J connectivity index is 1.96. The molecular weight excluding hydrogens is 328 g/mol. The highest BCUT2D eigenvalue weighted by atomic mass is 32.2. The Bertz CT molecular complexity index is 676. The smallest absolute Gasteiger partial charge is 0.251 e. The molecular formula is C16H26N4O3S. The summed E-state index contributed by atoms with van der Waals surface area (Å²) in [5, 5.41) is 2.90. The Hall–Kier alpha value is -1.67. The number of nitrogens with zero attached hydrogens (tertiary/aromatic N) is 3. The van der Waals surface area contributed by atoms with Gasteiger partial charge in [0.2, 0.25) is 0 Å². The van der Waals surface area contributed by atoms with E-state index >= 15 is 0 Å². The van der Waals surface area contributed by atoms with Gasteiger partial charge in [-0.25, -0.2) is 13.4 Å². The lowest BCUT2D eigenvalue weighted by Gasteiger charge is -2.24. The molecule has 0 radical (unpaired) electrons. The van der Waals surface area contributed by atoms with E-state index in [9.17, 15) is 13.2 Å². The molecule has 1 fully saturated rings. The molecule has 0 bridgehead atoms. The van der Waals surface area contributed by atoms with Crippen molar-refractivity contribution in [1.82, 2.24) is 15.2 Å². The molecule has 1 unspecified atom stereocenters. The molecule has 1 aliphatic heterocycles. The third-order valence-corrected chi connectivity index (χ3v) is 5.94. The fourth-order valence-corrected chi connectivity index (χ4v) is 4.49. The minimum Gasteiger partial charge on any atom is -0.356 e. The molecule has 1 amide bonds. The summed E-state index contributed by atoms with van der Waals surface area (Å²) >= 11 is 0. The first-order valence-electron chi connectivity index (χ1n) is 8.11. The number of sulfone groups is 1. The minimum atomic E-state index is -2.95. The molecule has 24 heavy (non-hydrogen) atoms. The molecule has 1 aromatic heterocycles. The summed E-state index contributed by atoms with van der Waals surface area (Å²) < 4.78 is 23.3. The van der Waals surface area contributed by atoms with Crippen LogP contribution in [-0.2, 0) is 9.84 Å². The Kier molecular flexibility index (Phi) is 6.17. The highest BCUT2D eigenvalue weighted by molar-refractivity contribution is 7.91. The van der Waals surface area contributed by atoms with E-state index in [1.165, 1.54) is 0 Å². The number of hydrogen-bond acceptors (Lipinski definition) is 6. The number of pyridine rings is 1. The van der Waals surface area contributed by atoms with Crippen LogP contribution in [0.15, 0.2) is 18.3 Å². The van der Waals surface area contributed by atoms with Gasteiger partial charge in [-0.2, -0.15) is 0 Å². The summed E-state index contributed by atoms with van der Waals surface area (Å²) in [4.78, 5) is 20.4. The lowest BCUT2D eigenvalue weighted by molar-refractivity contribution is 0.0952. The fourth-order valence-electron chi connectivity index (χ4n) is 2.72. The van der Waals surface area contributed by atoms with Crippen LogP contribution in [0.1, 0.15) is 23.2 Å². The summed E-state index contributed by atoms with van der Waals surface area (Å²) in [6.45, 7) is 1.53. The Morgan fingerprint density at radius 1 is 1.38 bits per heavy atom. The number of amides is 1. The third kappa shape index (κ3) is 5.17. The maximum absolute atomic E-state index is 12.2. The van der Waals surface area contributed by atoms with E-state index in [4.69, 9.17) is 0 Å². The summed E-state index contributed by atoms with van der Waals surface area (Å²) in [7, 11) is 2.87. The second kappa shape index (κ2) is 7.94. The highest BCUT2D eigenvalue weighted by Crippen LogP contribution is 2.21. The van der Waals surface area contributed by atoms with Gasteiger partial charge in [-0.3, -0.25) is 4.79 Å². The van der Waals surface area contributed by atoms with Crippen molar-refractivity contribution in [1.29, 1.82) is 0 Å². The van der Waals surface area contributed by atoms with Crippen molar-refractivity contribution in [2.24, 2.45) is 0 Å². The van der Waals surface area contributed by atoms with E-state index < -0.39 is 9.84 Å². The zero-order chi connectivity index (χ0) is 17.7. The Morgan fingerprint density at radius 2 is 2.12 bits per heavy atom. The van der Waals surface area contributed by atoms with Crippen LogP contribution >= 0.6 is 0 Å². The van der Waals surface area contributed by atoms with Gasteiger partial charge in [-0.15, -0.1) is 0 Å². The van der Waals surface area contributed by atoms with Crippen molar-refractivity contribution in [3.05, 3.63) is 23.9 Å². The molecule has 134 valence electrons. The van der Waals surface area contributed by atoms with Gasteiger partial charge in [-0.05, 0) is 45.6 Å². The van der Waals surface area contributed by atoms with Gasteiger partial charge in [0.1, 0.15) is 5.82 Å². The molecule has 1 atom stereocenters. The Labute approximate surface area is 144 Å². The summed E-state index contributed by atoms with van der Waals surface area (Å²) in [6.07, 6.45) is 3.07. The van der Waals surface area contributed by atoms with Crippen molar-refractivity contribution >= 4 is 21.6 Å². The number of carbonyl (C=O) groups is 1. The SMILES string of the molecule is CN(C)CCCNC(=O)c1ccnc(N(C)C2CCS(=O)(=O)C2)c1. The molecule has 1 aliphatic rings. The van der Waals surface area contributed by atoms with Crippen LogP contribution in [0.25, 0.3) is 0 Å². The molecule has 0 saturated carbocycles. The number of hydrogen-bond donors (Lipinski definition) is 1. The van der Waals surface area contributed by atoms with E-state index in [1.807, 2.05) is 26.0 Å². The third-order valence-electron chi connectivity index (χ3n) is 4.19. The maximum atomic E-state index is 12.2. The average Bonchev–Trinajstić information content (AvgIpc) is 2.90. The van der Waals surface area contributed by atoms with E-state index in [0.29, 0.717) is 24.3 Å². The second-order valence-electron chi connectivity index (χ2n) is 6.48. The van der Waals surface area contributed by atoms with Crippen LogP contribution in [0.3, 0.4) is 0 Å². The number of carbonyl (C=O) groups excluding carboxylic acids is 1. The predicted octanol–water partition coefficient (Wildman–Crippen LogP) is 0.386. The number of nitrogens with one attached hydrogen (secondary N) is 1. The van der Waals surface area contributed by atoms with Gasteiger partial charge >= 0.3 is 0 Å². The van der Waals surface area contributed by atoms with E-state index in [-0.39, 0.29) is 23.5 Å². The molecule has 0 spiro atoms. The lowest BCUT2D eigenvalue weighted by Crippen LogP contribution is -2.33. The van der Waals surface area contributed by atoms with Crippen molar-refractivity contribution in [3.8, 4) is 0 Å². The van der Waals surface area contributed by atoms with Crippen molar-refractivity contribution in [3.63, 3.8) is 0 Å². The lowest BCUT2D eigenvalue weighted by atomic mass is 10.2. The molecule has 1 saturated heterocycles. The minimum absolute atomic E-state index is 0.0825. The quantitative estimate of drug-likeness (QED) is 0.713. The predicted molar refractivity (Wildman–Crippen MR) is 95.2 cm³/mol. The molecule has 1 aromatic rings. The van der Waals surface area contributed by atoms with Crippen LogP contribution in [0, 0.1) is 0 Å². The zero-order valence-electron chi connectivity index (χ0n) is 14.5. The van der Waals surface area contributed by atoms with Crippen LogP contribution in [0.2, 0.25) is 0 Å². The normalized spacial score (nSPS) is 19.4. The number of anilines is 1. The first-order valence-corrected chi connectivity index (χ1v) is 9.93. The van der Waals surface area contributed by atoms with Gasteiger partial charge in [-0.1, -0.05) is 0 Å². The fraction of sp³-hybridized carbons (Fsp3) is 0.625. The monoisotopic (exact) mass is 354 g/mol. The second-order valence-corrected chi connectivity index (χ2v) is 8.71. The van der Waals surface area contributed by atoms with Crippen LogP contribution in [0.5, 0.6) is 0 Å². The zero-order valence-corrected chi connectivity index (χ0v) is 15.3. The van der Waals surface area contributed by atoms with Crippen LogP contribution < -0.4 is 10.2 Å². The molecule has 0 aromatic carbocycles. The van der Waals surface area contributed by atoms with Gasteiger partial charge in [0.05, 0.1) is 11.5 Å². The Morgan fingerprint density at radius 3 is 2.75 bits per heavy atom. The standard InChI is InChI=1S/C16H26N4O3S/c1-19(2)9-4-7-18-16(21)13-5-8-17-15(11-13)20(3)14-6-10-24(22,23)12-14/h5,8,11,14H,4,6-7,9-10,12H2,1-3H3,(H,18,21). The van der Waals surface area contributed by atoms with Gasteiger partial charge < -0.3 is 15.1 Å². The van der Waals surface area contributed by atoms with Crippen LogP contribution in [0.4, 0.5) is 5.82 Å². The number of aromatic nitrogens is 1. The molecule has 8 heteroatoms. The highest BCUT2D eigenvalue weighted by Gasteiger charge is 2.31. The first-order chi connectivity index (χ1) is 11.3. The van der Waals surface area contributed by atoms with Crippen molar-refractivity contribution in [2.75, 3.05) is 50.6 Å². The molecule has 1 N–H and O–H groups in total. The van der Waals surface area contributed by atoms with Crippen molar-refractivity contribution < 1.29 is 13.2 Å². The van der Waals surface area contributed by atoms with E-state index in [1.54, 1.807) is 18.3 Å². The molecule has 7 nitrogen and oxygen atoms in total. The molecule has 2 heterocycles. The topological polar surface area (TPSA) is 82.6 Å². The van der Waals surface area contributed by atoms with Gasteiger partial charge in [0.25, 0.3) is 5.91 Å². The van der Waals surface area contributed by atoms with E-state index in [2.05, 4.69) is 15.2 Å². The van der Waals surface area contributed by atoms with Gasteiger partial charge in [0.15, 0.2) is 9.84 Å². The van der Waals surface area contributed by atoms with Crippen LogP contribution in [-0.4, -0.2) is 76.0 Å². The first kappa shape index (κ1) is 18.7. The van der Waals surface area contributed by atoms with Gasteiger partial charge in [0, 0.05) is 31.4 Å². The summed E-state index contributed by atoms with van der Waals surface area (Å²) in [5.41, 5.74) is 0.539.